The molecule has 16 heteroatoms. The average molecular weight is 765 g/mol. The van der Waals surface area contributed by atoms with Crippen molar-refractivity contribution in [1.82, 2.24) is 0 Å². The molecule has 0 aromatic carbocycles. The van der Waals surface area contributed by atoms with Crippen molar-refractivity contribution in [3.8, 4) is 0 Å². The van der Waals surface area contributed by atoms with Gasteiger partial charge in [0.15, 0.2) is 12.9 Å². The number of rotatable bonds is 0. The predicted molar refractivity (Wildman–Crippen MR) is 179 cm³/mol. The first kappa shape index (κ1) is 67.8. The molecule has 0 aromatic heterocycles. The van der Waals surface area contributed by atoms with Crippen LogP contribution in [0.1, 0.15) is 96.9 Å². The average Bonchev–Trinajstić information content (AvgIpc) is 2.47. The summed E-state index contributed by atoms with van der Waals surface area (Å²) in [5.74, 6) is 1.17. The molecule has 0 radical (unpaired) electrons. The van der Waals surface area contributed by atoms with Crippen molar-refractivity contribution in [2.45, 2.75) is 110 Å². The molecule has 0 aliphatic rings. The summed E-state index contributed by atoms with van der Waals surface area (Å²) in [6.45, 7) is 21.4. The number of carbonyl (C=O) groups excluding carboxylic acids is 7. The maximum Gasteiger partial charge on any atom is 0.180 e. The minimum Gasteiger partial charge on any atom is -0.300 e. The minimum atomic E-state index is -0.750. The molecule has 40 heavy (non-hydrogen) atoms. The first-order chi connectivity index (χ1) is 17.3. The van der Waals surface area contributed by atoms with E-state index in [-0.39, 0.29) is 40.5 Å². The van der Waals surface area contributed by atoms with Crippen molar-refractivity contribution >= 4 is 145 Å². The van der Waals surface area contributed by atoms with Crippen LogP contribution in [0.5, 0.6) is 0 Å². The zero-order valence-corrected chi connectivity index (χ0v) is 32.3. The van der Waals surface area contributed by atoms with Gasteiger partial charge in [-0.3, -0.25) is 0 Å². The molecule has 0 saturated carbocycles. The summed E-state index contributed by atoms with van der Waals surface area (Å²) >= 11 is 43.3. The van der Waals surface area contributed by atoms with E-state index in [1.807, 2.05) is 0 Å². The van der Waals surface area contributed by atoms with E-state index in [1.54, 1.807) is 0 Å². The smallest absolute Gasteiger partial charge is 0.180 e. The Hall–Kier alpha value is 0.300. The van der Waals surface area contributed by atoms with Gasteiger partial charge in [0.1, 0.15) is 40.5 Å². The fourth-order valence-electron chi connectivity index (χ4n) is 0. The van der Waals surface area contributed by atoms with Crippen LogP contribution in [0.25, 0.3) is 0 Å². The Morgan fingerprint density at radius 2 is 0.250 bits per heavy atom. The van der Waals surface area contributed by atoms with E-state index in [0.717, 1.165) is 0 Å². The van der Waals surface area contributed by atoms with Crippen LogP contribution in [-0.2, 0) is 33.6 Å². The first-order valence-corrected chi connectivity index (χ1v) is 14.3. The quantitative estimate of drug-likeness (QED) is 0.225. The highest BCUT2D eigenvalue weighted by molar-refractivity contribution is 6.63. The lowest BCUT2D eigenvalue weighted by Crippen LogP contribution is -1.69. The van der Waals surface area contributed by atoms with E-state index in [2.05, 4.69) is 0 Å². The van der Waals surface area contributed by atoms with E-state index in [1.165, 1.54) is 96.9 Å². The number of ketones is 7. The molecule has 0 N–H and O–H groups in total. The fraction of sp³-hybridized carbons (Fsp3) is 0.708. The van der Waals surface area contributed by atoms with Gasteiger partial charge in [-0.15, -0.1) is 0 Å². The summed E-state index contributed by atoms with van der Waals surface area (Å²) in [6.07, 6.45) is 0. The summed E-state index contributed by atoms with van der Waals surface area (Å²) in [5, 5.41) is 0. The number of hydrogen-bond donors (Lipinski definition) is 0. The standard InChI is InChI=1S/7C3H6O.3CHCl3/c7*1-3(2)4;3*2-1(3)4/h7*1-2H3;3*1H. The molecule has 0 fully saturated rings. The van der Waals surface area contributed by atoms with Gasteiger partial charge in [0.25, 0.3) is 0 Å². The van der Waals surface area contributed by atoms with Crippen LogP contribution in [0.2, 0.25) is 0 Å². The van der Waals surface area contributed by atoms with E-state index < -0.39 is 12.9 Å². The Morgan fingerprint density at radius 1 is 0.250 bits per heavy atom. The van der Waals surface area contributed by atoms with Crippen LogP contribution in [0.3, 0.4) is 0 Å². The van der Waals surface area contributed by atoms with Gasteiger partial charge in [0.05, 0.1) is 0 Å². The molecule has 0 unspecified atom stereocenters. The summed E-state index contributed by atoms with van der Waals surface area (Å²) in [6, 6.07) is 0. The summed E-state index contributed by atoms with van der Waals surface area (Å²) in [4.78, 5) is 66.1. The first-order valence-electron chi connectivity index (χ1n) is 10.4. The van der Waals surface area contributed by atoms with Crippen LogP contribution in [0.15, 0.2) is 0 Å². The van der Waals surface area contributed by atoms with Gasteiger partial charge in [0, 0.05) is 0 Å². The number of hydrogen-bond acceptors (Lipinski definition) is 7. The van der Waals surface area contributed by atoms with Crippen LogP contribution in [-0.4, -0.2) is 53.4 Å². The second-order valence-electron chi connectivity index (χ2n) is 7.10. The molecule has 0 rings (SSSR count). The van der Waals surface area contributed by atoms with Crippen LogP contribution in [0, 0.1) is 0 Å². The number of alkyl halides is 9. The van der Waals surface area contributed by atoms with Crippen LogP contribution >= 0.6 is 104 Å². The molecular weight excluding hydrogens is 719 g/mol. The Bertz CT molecular complexity index is 431. The van der Waals surface area contributed by atoms with Crippen molar-refractivity contribution in [3.05, 3.63) is 0 Å². The lowest BCUT2D eigenvalue weighted by molar-refractivity contribution is -0.115. The van der Waals surface area contributed by atoms with Crippen molar-refractivity contribution in [1.29, 1.82) is 0 Å². The lowest BCUT2D eigenvalue weighted by atomic mass is 10.6. The Labute approximate surface area is 286 Å². The van der Waals surface area contributed by atoms with Gasteiger partial charge >= 0.3 is 0 Å². The topological polar surface area (TPSA) is 119 Å². The van der Waals surface area contributed by atoms with E-state index in [9.17, 15) is 33.6 Å². The van der Waals surface area contributed by atoms with Crippen LogP contribution < -0.4 is 0 Å². The lowest BCUT2D eigenvalue weighted by Gasteiger charge is -1.69. The summed E-state index contributed by atoms with van der Waals surface area (Å²) in [5.41, 5.74) is 0. The fourth-order valence-corrected chi connectivity index (χ4v) is 0. The predicted octanol–water partition coefficient (Wildman–Crippen LogP) is 10.1. The van der Waals surface area contributed by atoms with E-state index in [4.69, 9.17) is 104 Å². The highest BCUT2D eigenvalue weighted by Gasteiger charge is 1.79. The summed E-state index contributed by atoms with van der Waals surface area (Å²) in [7, 11) is 0. The third kappa shape index (κ3) is 592000. The molecule has 0 bridgehead atoms. The third-order valence-corrected chi connectivity index (χ3v) is 0. The second-order valence-corrected chi connectivity index (χ2v) is 13.0. The van der Waals surface area contributed by atoms with Gasteiger partial charge in [0.2, 0.25) is 0 Å². The third-order valence-electron chi connectivity index (χ3n) is 0. The SMILES string of the molecule is CC(C)=O.CC(C)=O.CC(C)=O.CC(C)=O.CC(C)=O.CC(C)=O.CC(C)=O.ClC(Cl)Cl.ClC(Cl)Cl.ClC(Cl)Cl. The zero-order valence-electron chi connectivity index (χ0n) is 25.5. The van der Waals surface area contributed by atoms with Crippen molar-refractivity contribution < 1.29 is 33.6 Å². The molecule has 0 amide bonds. The number of Topliss-reactive ketones (excluding diaryl/α,β-unsaturated/α-hetero) is 7. The molecule has 0 aliphatic carbocycles. The monoisotopic (exact) mass is 760 g/mol. The minimum absolute atomic E-state index is 0.167. The molecule has 0 aliphatic heterocycles. The van der Waals surface area contributed by atoms with Gasteiger partial charge < -0.3 is 33.6 Å². The molecule has 7 nitrogen and oxygen atoms in total. The van der Waals surface area contributed by atoms with Gasteiger partial charge in [-0.05, 0) is 96.9 Å². The van der Waals surface area contributed by atoms with Crippen molar-refractivity contribution in [3.63, 3.8) is 0 Å². The van der Waals surface area contributed by atoms with Gasteiger partial charge in [-0.1, -0.05) is 104 Å². The second kappa shape index (κ2) is 62.8. The molecule has 0 heterocycles. The van der Waals surface area contributed by atoms with Crippen LogP contribution in [0.4, 0.5) is 0 Å². The number of carbonyl (C=O) groups is 7. The van der Waals surface area contributed by atoms with Crippen molar-refractivity contribution in [2.75, 3.05) is 0 Å². The number of halogens is 9. The maximum absolute atomic E-state index is 9.44. The van der Waals surface area contributed by atoms with Gasteiger partial charge in [-0.25, -0.2) is 0 Å². The molecule has 246 valence electrons. The molecule has 0 aromatic rings. The Morgan fingerprint density at radius 3 is 0.250 bits per heavy atom. The molecule has 0 atom stereocenters. The van der Waals surface area contributed by atoms with Crippen molar-refractivity contribution in [2.24, 2.45) is 0 Å². The highest BCUT2D eigenvalue weighted by Crippen LogP contribution is 2.04. The molecule has 0 spiro atoms. The summed E-state index contributed by atoms with van der Waals surface area (Å²) < 4.78 is -2.25. The highest BCUT2D eigenvalue weighted by atomic mass is 35.6. The molecule has 0 saturated heterocycles. The van der Waals surface area contributed by atoms with E-state index in [0.29, 0.717) is 0 Å². The van der Waals surface area contributed by atoms with E-state index >= 15 is 0 Å². The zero-order chi connectivity index (χ0) is 35.8. The molecular formula is C24H45Cl9O7. The van der Waals surface area contributed by atoms with Gasteiger partial charge in [-0.2, -0.15) is 0 Å². The largest absolute Gasteiger partial charge is 0.300 e. The Balaban J connectivity index is -0.0000000312. The Kier molecular flexibility index (Phi) is 106. The normalized spacial score (nSPS) is 7.25. The maximum atomic E-state index is 9.44.